The lowest BCUT2D eigenvalue weighted by Crippen LogP contribution is -2.23. The molecule has 0 radical (unpaired) electrons. The molecule has 0 saturated carbocycles. The Morgan fingerprint density at radius 3 is 2.65 bits per heavy atom. The van der Waals surface area contributed by atoms with Gasteiger partial charge in [-0.2, -0.15) is 0 Å². The Kier molecular flexibility index (Phi) is 5.39. The average molecular weight is 236 g/mol. The van der Waals surface area contributed by atoms with Crippen LogP contribution in [0.3, 0.4) is 0 Å². The Morgan fingerprint density at radius 2 is 2.06 bits per heavy atom. The van der Waals surface area contributed by atoms with Crippen LogP contribution >= 0.6 is 0 Å². The van der Waals surface area contributed by atoms with Gasteiger partial charge in [-0.25, -0.2) is 4.79 Å². The van der Waals surface area contributed by atoms with Crippen LogP contribution in [0.15, 0.2) is 42.5 Å². The quantitative estimate of drug-likeness (QED) is 0.597. The molecule has 0 heterocycles. The highest BCUT2D eigenvalue weighted by molar-refractivity contribution is 5.88. The van der Waals surface area contributed by atoms with Crippen LogP contribution < -0.4 is 0 Å². The first kappa shape index (κ1) is 13.4. The summed E-state index contributed by atoms with van der Waals surface area (Å²) in [7, 11) is 1.24. The summed E-state index contributed by atoms with van der Waals surface area (Å²) in [5.41, 5.74) is 1.00. The number of carbonyl (C=O) groups is 1. The number of hydrogen-bond acceptors (Lipinski definition) is 4. The highest BCUT2D eigenvalue weighted by atomic mass is 16.5. The Morgan fingerprint density at radius 1 is 1.41 bits per heavy atom. The van der Waals surface area contributed by atoms with Crippen LogP contribution in [0, 0.1) is 0 Å². The van der Waals surface area contributed by atoms with E-state index in [9.17, 15) is 9.90 Å². The van der Waals surface area contributed by atoms with Gasteiger partial charge in [-0.05, 0) is 5.56 Å². The van der Waals surface area contributed by atoms with Gasteiger partial charge in [-0.3, -0.25) is 0 Å². The molecule has 0 bridgehead atoms. The number of carbonyl (C=O) groups excluding carboxylic acids is 1. The molecule has 1 aromatic rings. The number of rotatable bonds is 6. The fraction of sp³-hybridized carbons (Fsp3) is 0.308. The van der Waals surface area contributed by atoms with Crippen molar-refractivity contribution in [2.24, 2.45) is 0 Å². The zero-order valence-electron chi connectivity index (χ0n) is 9.76. The van der Waals surface area contributed by atoms with E-state index in [4.69, 9.17) is 4.74 Å². The van der Waals surface area contributed by atoms with E-state index in [0.29, 0.717) is 6.61 Å². The SMILES string of the molecule is C=C(C(=O)OC)C(O)COCc1ccccc1. The molecule has 1 unspecified atom stereocenters. The van der Waals surface area contributed by atoms with Crippen LogP contribution in [0.1, 0.15) is 5.56 Å². The minimum atomic E-state index is -1.04. The molecule has 0 saturated heterocycles. The zero-order valence-corrected chi connectivity index (χ0v) is 9.76. The van der Waals surface area contributed by atoms with Crippen LogP contribution in [-0.4, -0.2) is 30.9 Å². The standard InChI is InChI=1S/C13H16O4/c1-10(13(15)16-2)12(14)9-17-8-11-6-4-3-5-7-11/h3-7,12,14H,1,8-9H2,2H3. The molecule has 1 aromatic carbocycles. The van der Waals surface area contributed by atoms with Gasteiger partial charge in [-0.15, -0.1) is 0 Å². The van der Waals surface area contributed by atoms with Gasteiger partial charge in [-0.1, -0.05) is 36.9 Å². The fourth-order valence-corrected chi connectivity index (χ4v) is 1.23. The van der Waals surface area contributed by atoms with E-state index in [2.05, 4.69) is 11.3 Å². The van der Waals surface area contributed by atoms with E-state index >= 15 is 0 Å². The molecule has 92 valence electrons. The van der Waals surface area contributed by atoms with Gasteiger partial charge >= 0.3 is 5.97 Å². The molecule has 1 N–H and O–H groups in total. The van der Waals surface area contributed by atoms with Gasteiger partial charge in [0, 0.05) is 0 Å². The van der Waals surface area contributed by atoms with Crippen LogP contribution in [-0.2, 0) is 20.9 Å². The number of ether oxygens (including phenoxy) is 2. The summed E-state index contributed by atoms with van der Waals surface area (Å²) >= 11 is 0. The highest BCUT2D eigenvalue weighted by Crippen LogP contribution is 2.05. The molecule has 0 fully saturated rings. The Hall–Kier alpha value is -1.65. The smallest absolute Gasteiger partial charge is 0.335 e. The molecule has 4 nitrogen and oxygen atoms in total. The van der Waals surface area contributed by atoms with Crippen LogP contribution in [0.5, 0.6) is 0 Å². The third kappa shape index (κ3) is 4.38. The molecule has 4 heteroatoms. The minimum absolute atomic E-state index is 0.000520. The average Bonchev–Trinajstić information content (AvgIpc) is 2.38. The van der Waals surface area contributed by atoms with Gasteiger partial charge in [0.2, 0.25) is 0 Å². The van der Waals surface area contributed by atoms with Gasteiger partial charge in [0.05, 0.1) is 25.9 Å². The van der Waals surface area contributed by atoms with Gasteiger partial charge in [0.25, 0.3) is 0 Å². The second-order valence-corrected chi connectivity index (χ2v) is 3.53. The number of esters is 1. The predicted molar refractivity (Wildman–Crippen MR) is 63.3 cm³/mol. The summed E-state index contributed by atoms with van der Waals surface area (Å²) in [6, 6.07) is 9.56. The summed E-state index contributed by atoms with van der Waals surface area (Å²) < 4.78 is 9.72. The van der Waals surface area contributed by atoms with E-state index in [-0.39, 0.29) is 12.2 Å². The normalized spacial score (nSPS) is 11.9. The van der Waals surface area contributed by atoms with Crippen LogP contribution in [0.25, 0.3) is 0 Å². The molecule has 0 aliphatic heterocycles. The summed E-state index contributed by atoms with van der Waals surface area (Å²) in [6.07, 6.45) is -1.04. The lowest BCUT2D eigenvalue weighted by atomic mass is 10.2. The van der Waals surface area contributed by atoms with Crippen molar-refractivity contribution in [3.8, 4) is 0 Å². The van der Waals surface area contributed by atoms with Crippen molar-refractivity contribution in [2.45, 2.75) is 12.7 Å². The monoisotopic (exact) mass is 236 g/mol. The maximum absolute atomic E-state index is 11.0. The van der Waals surface area contributed by atoms with E-state index in [1.165, 1.54) is 7.11 Å². The molecule has 0 amide bonds. The summed E-state index contributed by atoms with van der Waals surface area (Å²) in [5.74, 6) is -0.624. The first-order valence-corrected chi connectivity index (χ1v) is 5.22. The fourth-order valence-electron chi connectivity index (χ4n) is 1.23. The maximum atomic E-state index is 11.0. The largest absolute Gasteiger partial charge is 0.466 e. The number of benzene rings is 1. The summed E-state index contributed by atoms with van der Waals surface area (Å²) in [6.45, 7) is 3.84. The maximum Gasteiger partial charge on any atom is 0.335 e. The Bertz CT molecular complexity index is 372. The van der Waals surface area contributed by atoms with Crippen molar-refractivity contribution in [3.05, 3.63) is 48.0 Å². The molecule has 0 aliphatic rings. The number of methoxy groups -OCH3 is 1. The van der Waals surface area contributed by atoms with Crippen molar-refractivity contribution in [1.82, 2.24) is 0 Å². The molecule has 1 rings (SSSR count). The van der Waals surface area contributed by atoms with Gasteiger partial charge < -0.3 is 14.6 Å². The van der Waals surface area contributed by atoms with Gasteiger partial charge in [0.1, 0.15) is 6.10 Å². The third-order valence-electron chi connectivity index (χ3n) is 2.24. The Balaban J connectivity index is 2.32. The zero-order chi connectivity index (χ0) is 12.7. The first-order valence-electron chi connectivity index (χ1n) is 5.22. The second-order valence-electron chi connectivity index (χ2n) is 3.53. The van der Waals surface area contributed by atoms with E-state index in [0.717, 1.165) is 5.56 Å². The molecule has 17 heavy (non-hydrogen) atoms. The number of aliphatic hydroxyl groups excluding tert-OH is 1. The van der Waals surface area contributed by atoms with Crippen molar-refractivity contribution >= 4 is 5.97 Å². The lowest BCUT2D eigenvalue weighted by molar-refractivity contribution is -0.137. The molecule has 0 aliphatic carbocycles. The molecular formula is C13H16O4. The van der Waals surface area contributed by atoms with Crippen LogP contribution in [0.4, 0.5) is 0 Å². The predicted octanol–water partition coefficient (Wildman–Crippen LogP) is 1.29. The topological polar surface area (TPSA) is 55.8 Å². The summed E-state index contributed by atoms with van der Waals surface area (Å²) in [4.78, 5) is 11.0. The summed E-state index contributed by atoms with van der Waals surface area (Å²) in [5, 5.41) is 9.57. The van der Waals surface area contributed by atoms with Crippen molar-refractivity contribution in [3.63, 3.8) is 0 Å². The van der Waals surface area contributed by atoms with Gasteiger partial charge in [0.15, 0.2) is 0 Å². The van der Waals surface area contributed by atoms with Crippen molar-refractivity contribution in [1.29, 1.82) is 0 Å². The number of hydrogen-bond donors (Lipinski definition) is 1. The van der Waals surface area contributed by atoms with Crippen molar-refractivity contribution < 1.29 is 19.4 Å². The first-order chi connectivity index (χ1) is 8.15. The molecule has 0 aromatic heterocycles. The third-order valence-corrected chi connectivity index (χ3v) is 2.24. The van der Waals surface area contributed by atoms with Crippen molar-refractivity contribution in [2.75, 3.05) is 13.7 Å². The number of aliphatic hydroxyl groups is 1. The highest BCUT2D eigenvalue weighted by Gasteiger charge is 2.16. The van der Waals surface area contributed by atoms with Crippen LogP contribution in [0.2, 0.25) is 0 Å². The van der Waals surface area contributed by atoms with E-state index < -0.39 is 12.1 Å². The lowest BCUT2D eigenvalue weighted by Gasteiger charge is -2.12. The van der Waals surface area contributed by atoms with E-state index in [1.807, 2.05) is 30.3 Å². The molecule has 0 spiro atoms. The molecule has 1 atom stereocenters. The van der Waals surface area contributed by atoms with E-state index in [1.54, 1.807) is 0 Å². The second kappa shape index (κ2) is 6.83. The Labute approximate surface area is 100 Å². The minimum Gasteiger partial charge on any atom is -0.466 e. The molecular weight excluding hydrogens is 220 g/mol.